The van der Waals surface area contributed by atoms with Crippen LogP contribution in [-0.4, -0.2) is 47.7 Å². The first-order valence-corrected chi connectivity index (χ1v) is 5.79. The van der Waals surface area contributed by atoms with Crippen molar-refractivity contribution in [2.45, 2.75) is 31.8 Å². The minimum absolute atomic E-state index is 0.152. The van der Waals surface area contributed by atoms with E-state index in [4.69, 9.17) is 9.84 Å². The molecule has 2 fully saturated rings. The van der Waals surface area contributed by atoms with E-state index in [0.29, 0.717) is 19.1 Å². The Morgan fingerprint density at radius 2 is 2.25 bits per heavy atom. The summed E-state index contributed by atoms with van der Waals surface area (Å²) in [6, 6.07) is 0. The van der Waals surface area contributed by atoms with Crippen molar-refractivity contribution in [3.05, 3.63) is 0 Å². The zero-order chi connectivity index (χ0) is 11.5. The number of carboxylic acids is 1. The number of hydrogen-bond acceptors (Lipinski definition) is 3. The van der Waals surface area contributed by atoms with E-state index in [0.717, 1.165) is 6.54 Å². The third-order valence-electron chi connectivity index (χ3n) is 3.33. The fraction of sp³-hybridized carbons (Fsp3) is 0.818. The number of hydrogen-bond donors (Lipinski definition) is 1. The van der Waals surface area contributed by atoms with Gasteiger partial charge in [-0.1, -0.05) is 6.42 Å². The summed E-state index contributed by atoms with van der Waals surface area (Å²) in [4.78, 5) is 24.2. The van der Waals surface area contributed by atoms with Crippen molar-refractivity contribution in [1.29, 1.82) is 0 Å². The van der Waals surface area contributed by atoms with Crippen LogP contribution in [0.3, 0.4) is 0 Å². The monoisotopic (exact) mass is 227 g/mol. The molecular weight excluding hydrogens is 210 g/mol. The summed E-state index contributed by atoms with van der Waals surface area (Å²) in [5.74, 6) is -0.517. The van der Waals surface area contributed by atoms with Crippen LogP contribution in [0.25, 0.3) is 0 Å². The Morgan fingerprint density at radius 3 is 2.81 bits per heavy atom. The van der Waals surface area contributed by atoms with Crippen LogP contribution in [0.5, 0.6) is 0 Å². The van der Waals surface area contributed by atoms with E-state index in [2.05, 4.69) is 0 Å². The second-order valence-electron chi connectivity index (χ2n) is 4.54. The third-order valence-corrected chi connectivity index (χ3v) is 3.33. The van der Waals surface area contributed by atoms with Gasteiger partial charge < -0.3 is 14.7 Å². The molecule has 0 aromatic carbocycles. The standard InChI is InChI=1S/C11H17NO4/c13-10(14)6-9-11(15)12(4-5-16-9)7-8-2-1-3-8/h8-9H,1-7H2,(H,13,14)/t9-/m1/s1. The van der Waals surface area contributed by atoms with E-state index in [1.807, 2.05) is 0 Å². The number of morpholine rings is 1. The fourth-order valence-electron chi connectivity index (χ4n) is 2.16. The van der Waals surface area contributed by atoms with Gasteiger partial charge in [0.2, 0.25) is 0 Å². The highest BCUT2D eigenvalue weighted by Gasteiger charge is 2.33. The maximum atomic E-state index is 11.9. The van der Waals surface area contributed by atoms with Crippen molar-refractivity contribution in [3.8, 4) is 0 Å². The second kappa shape index (κ2) is 4.82. The van der Waals surface area contributed by atoms with Crippen molar-refractivity contribution in [3.63, 3.8) is 0 Å². The van der Waals surface area contributed by atoms with Crippen LogP contribution in [0.4, 0.5) is 0 Å². The van der Waals surface area contributed by atoms with Gasteiger partial charge in [0.05, 0.1) is 13.0 Å². The molecule has 0 aromatic heterocycles. The van der Waals surface area contributed by atoms with E-state index in [9.17, 15) is 9.59 Å². The minimum atomic E-state index is -0.983. The van der Waals surface area contributed by atoms with Crippen molar-refractivity contribution in [2.24, 2.45) is 5.92 Å². The Morgan fingerprint density at radius 1 is 1.50 bits per heavy atom. The molecule has 0 radical (unpaired) electrons. The average molecular weight is 227 g/mol. The first kappa shape index (κ1) is 11.4. The highest BCUT2D eigenvalue weighted by Crippen LogP contribution is 2.28. The van der Waals surface area contributed by atoms with Gasteiger partial charge in [0.25, 0.3) is 5.91 Å². The number of rotatable bonds is 4. The number of amides is 1. The first-order valence-electron chi connectivity index (χ1n) is 5.79. The van der Waals surface area contributed by atoms with Crippen molar-refractivity contribution < 1.29 is 19.4 Å². The summed E-state index contributed by atoms with van der Waals surface area (Å²) in [6.45, 7) is 1.83. The lowest BCUT2D eigenvalue weighted by molar-refractivity contribution is -0.160. The maximum absolute atomic E-state index is 11.9. The van der Waals surface area contributed by atoms with E-state index in [1.165, 1.54) is 19.3 Å². The number of nitrogens with zero attached hydrogens (tertiary/aromatic N) is 1. The van der Waals surface area contributed by atoms with E-state index in [-0.39, 0.29) is 12.3 Å². The molecule has 1 N–H and O–H groups in total. The summed E-state index contributed by atoms with van der Waals surface area (Å²) in [7, 11) is 0. The Labute approximate surface area is 94.4 Å². The normalized spacial score (nSPS) is 26.6. The lowest BCUT2D eigenvalue weighted by Crippen LogP contribution is -2.50. The molecule has 16 heavy (non-hydrogen) atoms. The zero-order valence-electron chi connectivity index (χ0n) is 9.22. The zero-order valence-corrected chi connectivity index (χ0v) is 9.22. The Balaban J connectivity index is 1.87. The van der Waals surface area contributed by atoms with Gasteiger partial charge in [-0.15, -0.1) is 0 Å². The van der Waals surface area contributed by atoms with Crippen LogP contribution >= 0.6 is 0 Å². The van der Waals surface area contributed by atoms with Crippen molar-refractivity contribution in [2.75, 3.05) is 19.7 Å². The van der Waals surface area contributed by atoms with Crippen LogP contribution < -0.4 is 0 Å². The summed E-state index contributed by atoms with van der Waals surface area (Å²) in [5.41, 5.74) is 0. The number of carbonyl (C=O) groups excluding carboxylic acids is 1. The molecule has 90 valence electrons. The summed E-state index contributed by atoms with van der Waals surface area (Å²) in [5, 5.41) is 8.66. The largest absolute Gasteiger partial charge is 0.481 e. The SMILES string of the molecule is O=C(O)C[C@H]1OCCN(CC2CCC2)C1=O. The van der Waals surface area contributed by atoms with E-state index >= 15 is 0 Å². The quantitative estimate of drug-likeness (QED) is 0.759. The Kier molecular flexibility index (Phi) is 3.43. The maximum Gasteiger partial charge on any atom is 0.306 e. The van der Waals surface area contributed by atoms with Gasteiger partial charge in [-0.3, -0.25) is 9.59 Å². The van der Waals surface area contributed by atoms with Gasteiger partial charge in [0.1, 0.15) is 6.10 Å². The molecule has 2 rings (SSSR count). The molecule has 2 aliphatic rings. The molecule has 0 bridgehead atoms. The van der Waals surface area contributed by atoms with Gasteiger partial charge in [0.15, 0.2) is 0 Å². The predicted molar refractivity (Wildman–Crippen MR) is 55.9 cm³/mol. The molecule has 1 aliphatic carbocycles. The van der Waals surface area contributed by atoms with Crippen LogP contribution in [0.2, 0.25) is 0 Å². The van der Waals surface area contributed by atoms with Crippen LogP contribution in [0.15, 0.2) is 0 Å². The lowest BCUT2D eigenvalue weighted by Gasteiger charge is -2.36. The highest BCUT2D eigenvalue weighted by molar-refractivity contribution is 5.85. The number of carbonyl (C=O) groups is 2. The topological polar surface area (TPSA) is 66.8 Å². The molecule has 1 saturated carbocycles. The third kappa shape index (κ3) is 2.52. The number of aliphatic carboxylic acids is 1. The van der Waals surface area contributed by atoms with Crippen LogP contribution in [-0.2, 0) is 14.3 Å². The predicted octanol–water partition coefficient (Wildman–Crippen LogP) is 0.489. The van der Waals surface area contributed by atoms with Gasteiger partial charge in [0, 0.05) is 13.1 Å². The van der Waals surface area contributed by atoms with Crippen LogP contribution in [0.1, 0.15) is 25.7 Å². The van der Waals surface area contributed by atoms with Crippen LogP contribution in [0, 0.1) is 5.92 Å². The number of carboxylic acid groups (broad SMARTS) is 1. The van der Waals surface area contributed by atoms with E-state index in [1.54, 1.807) is 4.90 Å². The smallest absolute Gasteiger partial charge is 0.306 e. The molecule has 1 aliphatic heterocycles. The number of ether oxygens (including phenoxy) is 1. The average Bonchev–Trinajstić information content (AvgIpc) is 2.16. The molecule has 0 aromatic rings. The molecule has 0 spiro atoms. The van der Waals surface area contributed by atoms with Crippen molar-refractivity contribution in [1.82, 2.24) is 4.90 Å². The molecule has 1 heterocycles. The molecule has 1 amide bonds. The Hall–Kier alpha value is -1.10. The highest BCUT2D eigenvalue weighted by atomic mass is 16.5. The first-order chi connectivity index (χ1) is 7.66. The summed E-state index contributed by atoms with van der Waals surface area (Å²) >= 11 is 0. The molecule has 1 atom stereocenters. The molecule has 5 nitrogen and oxygen atoms in total. The molecule has 5 heteroatoms. The van der Waals surface area contributed by atoms with Gasteiger partial charge in [-0.25, -0.2) is 0 Å². The summed E-state index contributed by atoms with van der Waals surface area (Å²) in [6.07, 6.45) is 2.64. The van der Waals surface area contributed by atoms with Crippen molar-refractivity contribution >= 4 is 11.9 Å². The van der Waals surface area contributed by atoms with Gasteiger partial charge in [-0.2, -0.15) is 0 Å². The molecular formula is C11H17NO4. The molecule has 1 saturated heterocycles. The summed E-state index contributed by atoms with van der Waals surface area (Å²) < 4.78 is 5.19. The molecule has 0 unspecified atom stereocenters. The van der Waals surface area contributed by atoms with Gasteiger partial charge in [-0.05, 0) is 18.8 Å². The lowest BCUT2D eigenvalue weighted by atomic mass is 9.85. The van der Waals surface area contributed by atoms with Gasteiger partial charge >= 0.3 is 5.97 Å². The second-order valence-corrected chi connectivity index (χ2v) is 4.54. The fourth-order valence-corrected chi connectivity index (χ4v) is 2.16. The minimum Gasteiger partial charge on any atom is -0.481 e. The van der Waals surface area contributed by atoms with E-state index < -0.39 is 12.1 Å². The Bertz CT molecular complexity index is 288.